The van der Waals surface area contributed by atoms with Gasteiger partial charge in [-0.05, 0) is 13.8 Å². The summed E-state index contributed by atoms with van der Waals surface area (Å²) in [7, 11) is 0. The van der Waals surface area contributed by atoms with Gasteiger partial charge in [0, 0.05) is 41.7 Å². The van der Waals surface area contributed by atoms with Crippen LogP contribution in [-0.2, 0) is 9.59 Å². The predicted octanol–water partition coefficient (Wildman–Crippen LogP) is -2.58. The third-order valence-electron chi connectivity index (χ3n) is 0.715. The molecule has 0 aromatic heterocycles. The second-order valence-electron chi connectivity index (χ2n) is 2.03. The molecule has 0 fully saturated rings. The van der Waals surface area contributed by atoms with Gasteiger partial charge < -0.3 is 37.5 Å². The van der Waals surface area contributed by atoms with E-state index >= 15 is 0 Å². The van der Waals surface area contributed by atoms with Crippen molar-refractivity contribution in [3.8, 4) is 0 Å². The minimum Gasteiger partial charge on any atom is -0.479 e. The van der Waals surface area contributed by atoms with Crippen LogP contribution < -0.4 is 6.15 Å². The number of aliphatic carboxylic acids is 2. The first kappa shape index (κ1) is 36.0. The number of carbonyl (C=O) groups is 2. The number of hydrogen-bond donors (Lipinski definition) is 5. The van der Waals surface area contributed by atoms with Crippen LogP contribution in [0.25, 0.3) is 0 Å². The monoisotopic (exact) mass is 373 g/mol. The van der Waals surface area contributed by atoms with Gasteiger partial charge >= 0.3 is 11.9 Å². The Morgan fingerprint density at radius 1 is 0.875 bits per heavy atom. The van der Waals surface area contributed by atoms with E-state index in [0.717, 1.165) is 0 Å². The molecule has 2 atom stereocenters. The van der Waals surface area contributed by atoms with E-state index in [1.807, 2.05) is 0 Å². The molecule has 16 heavy (non-hydrogen) atoms. The molecule has 0 aromatic rings. The zero-order valence-electron chi connectivity index (χ0n) is 8.97. The van der Waals surface area contributed by atoms with Crippen molar-refractivity contribution in [2.24, 2.45) is 0 Å². The molecule has 0 rings (SSSR count). The number of carboxylic acid groups (broad SMARTS) is 2. The van der Waals surface area contributed by atoms with Crippen molar-refractivity contribution < 1.29 is 82.7 Å². The summed E-state index contributed by atoms with van der Waals surface area (Å²) >= 11 is 0. The smallest absolute Gasteiger partial charge is 0.332 e. The van der Waals surface area contributed by atoms with Gasteiger partial charge in [-0.25, -0.2) is 9.59 Å². The van der Waals surface area contributed by atoms with Crippen LogP contribution >= 0.6 is 0 Å². The number of aliphatic hydroxyl groups excluding tert-OH is 2. The number of rotatable bonds is 2. The molecule has 0 spiro atoms. The first-order valence-corrected chi connectivity index (χ1v) is 3.10. The topological polar surface area (TPSA) is 213 Å². The standard InChI is InChI=1S/2C3H6O3.Ce.H3N.2H2O/c2*1-2(4)3(5)6;;;;/h2*2,4H,1H3,(H,5,6);;1H3;2*1H2. The molecule has 0 heterocycles. The Bertz CT molecular complexity index is 145. The molecular formula is C6H19CeNO8. The van der Waals surface area contributed by atoms with Gasteiger partial charge in [0.1, 0.15) is 12.2 Å². The van der Waals surface area contributed by atoms with Crippen molar-refractivity contribution in [1.29, 1.82) is 0 Å². The van der Waals surface area contributed by atoms with Crippen LogP contribution in [0.3, 0.4) is 0 Å². The Hall–Kier alpha value is 0.117. The van der Waals surface area contributed by atoms with Crippen molar-refractivity contribution in [3.63, 3.8) is 0 Å². The van der Waals surface area contributed by atoms with Crippen molar-refractivity contribution >= 4 is 11.9 Å². The quantitative estimate of drug-likeness (QED) is 0.348. The van der Waals surface area contributed by atoms with Gasteiger partial charge in [0.05, 0.1) is 0 Å². The van der Waals surface area contributed by atoms with E-state index in [1.165, 1.54) is 13.8 Å². The second-order valence-corrected chi connectivity index (χ2v) is 2.03. The molecule has 0 saturated carbocycles. The SMILES string of the molecule is CC(O)C(=O)O.CC(O)C(=O)O.N.O.O.[Ce]. The predicted molar refractivity (Wildman–Crippen MR) is 50.9 cm³/mol. The maximum Gasteiger partial charge on any atom is 0.332 e. The van der Waals surface area contributed by atoms with E-state index in [-0.39, 0.29) is 58.9 Å². The van der Waals surface area contributed by atoms with E-state index in [4.69, 9.17) is 20.4 Å². The number of aliphatic hydroxyl groups is 2. The van der Waals surface area contributed by atoms with Crippen molar-refractivity contribution in [2.45, 2.75) is 26.1 Å². The Labute approximate surface area is 126 Å². The van der Waals surface area contributed by atoms with Gasteiger partial charge in [-0.1, -0.05) is 0 Å². The summed E-state index contributed by atoms with van der Waals surface area (Å²) in [4.78, 5) is 18.9. The molecule has 0 aliphatic carbocycles. The maximum absolute atomic E-state index is 9.45. The Morgan fingerprint density at radius 2 is 0.938 bits per heavy atom. The molecule has 0 radical (unpaired) electrons. The molecule has 0 aliphatic rings. The molecule has 0 aliphatic heterocycles. The molecule has 2 unspecified atom stereocenters. The first-order valence-electron chi connectivity index (χ1n) is 3.10. The molecule has 10 heteroatoms. The Morgan fingerprint density at radius 3 is 0.938 bits per heavy atom. The van der Waals surface area contributed by atoms with Gasteiger partial charge in [-0.15, -0.1) is 0 Å². The maximum atomic E-state index is 9.45. The van der Waals surface area contributed by atoms with Gasteiger partial charge in [0.15, 0.2) is 0 Å². The van der Waals surface area contributed by atoms with Crippen LogP contribution in [0.5, 0.6) is 0 Å². The fourth-order valence-electron chi connectivity index (χ4n) is 0. The average molecular weight is 373 g/mol. The minimum atomic E-state index is -1.23. The summed E-state index contributed by atoms with van der Waals surface area (Å²) < 4.78 is 0. The molecule has 100 valence electrons. The van der Waals surface area contributed by atoms with E-state index in [9.17, 15) is 9.59 Å². The van der Waals surface area contributed by atoms with Crippen LogP contribution in [0.4, 0.5) is 0 Å². The van der Waals surface area contributed by atoms with Crippen molar-refractivity contribution in [1.82, 2.24) is 6.15 Å². The van der Waals surface area contributed by atoms with Crippen LogP contribution in [0.15, 0.2) is 0 Å². The Kier molecular flexibility index (Phi) is 46.1. The number of hydrogen-bond acceptors (Lipinski definition) is 5. The molecule has 9 nitrogen and oxygen atoms in total. The summed E-state index contributed by atoms with van der Waals surface area (Å²) in [6, 6.07) is 0. The first-order chi connectivity index (χ1) is 5.29. The fourth-order valence-corrected chi connectivity index (χ4v) is 0. The molecule has 0 amide bonds. The van der Waals surface area contributed by atoms with Gasteiger partial charge in [0.2, 0.25) is 0 Å². The molecule has 0 bridgehead atoms. The van der Waals surface area contributed by atoms with E-state index in [1.54, 1.807) is 0 Å². The van der Waals surface area contributed by atoms with Gasteiger partial charge in [-0.2, -0.15) is 0 Å². The molecule has 0 aromatic carbocycles. The summed E-state index contributed by atoms with van der Waals surface area (Å²) in [5.74, 6) is -2.37. The van der Waals surface area contributed by atoms with Crippen LogP contribution in [-0.4, -0.2) is 55.5 Å². The van der Waals surface area contributed by atoms with E-state index < -0.39 is 24.1 Å². The van der Waals surface area contributed by atoms with Crippen molar-refractivity contribution in [3.05, 3.63) is 0 Å². The summed E-state index contributed by atoms with van der Waals surface area (Å²) in [6.07, 6.45) is -2.46. The van der Waals surface area contributed by atoms with Crippen molar-refractivity contribution in [2.75, 3.05) is 0 Å². The molecule has 11 N–H and O–H groups in total. The normalized spacial score (nSPS) is 10.2. The summed E-state index contributed by atoms with van der Waals surface area (Å²) in [6.45, 7) is 2.39. The third kappa shape index (κ3) is 36.9. The van der Waals surface area contributed by atoms with Crippen LogP contribution in [0, 0.1) is 41.7 Å². The van der Waals surface area contributed by atoms with Crippen LogP contribution in [0.2, 0.25) is 0 Å². The average Bonchev–Trinajstić information content (AvgIpc) is 1.88. The summed E-state index contributed by atoms with van der Waals surface area (Å²) in [5.41, 5.74) is 0. The largest absolute Gasteiger partial charge is 0.479 e. The zero-order valence-corrected chi connectivity index (χ0v) is 12.1. The van der Waals surface area contributed by atoms with E-state index in [2.05, 4.69) is 0 Å². The van der Waals surface area contributed by atoms with Crippen LogP contribution in [0.1, 0.15) is 13.8 Å². The molecule has 0 saturated heterocycles. The number of carboxylic acids is 2. The van der Waals surface area contributed by atoms with E-state index in [0.29, 0.717) is 0 Å². The summed E-state index contributed by atoms with van der Waals surface area (Å²) in [5, 5.41) is 31.5. The molecular weight excluding hydrogens is 354 g/mol. The fraction of sp³-hybridized carbons (Fsp3) is 0.667. The second kappa shape index (κ2) is 20.5. The van der Waals surface area contributed by atoms with Gasteiger partial charge in [-0.3, -0.25) is 0 Å². The Balaban J connectivity index is -0.0000000250. The third-order valence-corrected chi connectivity index (χ3v) is 0.715. The minimum absolute atomic E-state index is 0. The zero-order chi connectivity index (χ0) is 10.3. The van der Waals surface area contributed by atoms with Gasteiger partial charge in [0.25, 0.3) is 0 Å².